The number of furan rings is 1. The third-order valence-corrected chi connectivity index (χ3v) is 5.82. The number of benzene rings is 2. The molecule has 0 fully saturated rings. The molecule has 0 unspecified atom stereocenters. The molecule has 0 bridgehead atoms. The highest BCUT2D eigenvalue weighted by Gasteiger charge is 2.25. The first-order valence-electron chi connectivity index (χ1n) is 6.59. The van der Waals surface area contributed by atoms with Crippen molar-refractivity contribution in [3.63, 3.8) is 0 Å². The number of nitrogens with two attached hydrogens (primary N) is 1. The van der Waals surface area contributed by atoms with Crippen LogP contribution in [0.15, 0.2) is 56.2 Å². The van der Waals surface area contributed by atoms with Crippen molar-refractivity contribution >= 4 is 60.1 Å². The van der Waals surface area contributed by atoms with Gasteiger partial charge in [0, 0.05) is 14.9 Å². The molecule has 0 aliphatic rings. The van der Waals surface area contributed by atoms with Gasteiger partial charge in [0.05, 0.1) is 0 Å². The summed E-state index contributed by atoms with van der Waals surface area (Å²) >= 11 is 9.05. The minimum Gasteiger partial charge on any atom is -0.449 e. The number of primary amides is 1. The Labute approximate surface area is 150 Å². The third-order valence-electron chi connectivity index (χ3n) is 3.24. The van der Waals surface area contributed by atoms with Crippen molar-refractivity contribution in [1.29, 1.82) is 0 Å². The lowest BCUT2D eigenvalue weighted by molar-refractivity contribution is 0.0977. The number of anilines is 1. The molecule has 3 N–H and O–H groups in total. The first-order valence-corrected chi connectivity index (χ1v) is 9.24. The van der Waals surface area contributed by atoms with Crippen molar-refractivity contribution in [2.45, 2.75) is 4.90 Å². The number of fused-ring (bicyclic) bond motifs is 1. The summed E-state index contributed by atoms with van der Waals surface area (Å²) in [6.07, 6.45) is 0. The number of carbonyl (C=O) groups excluding carboxylic acids is 1. The van der Waals surface area contributed by atoms with Crippen molar-refractivity contribution in [2.24, 2.45) is 5.73 Å². The van der Waals surface area contributed by atoms with Crippen LogP contribution in [0.25, 0.3) is 11.0 Å². The second-order valence-electron chi connectivity index (χ2n) is 4.85. The number of hydrogen-bond acceptors (Lipinski definition) is 4. The van der Waals surface area contributed by atoms with Gasteiger partial charge in [0.2, 0.25) is 5.76 Å². The molecule has 0 saturated heterocycles. The highest BCUT2D eigenvalue weighted by Crippen LogP contribution is 2.34. The maximum absolute atomic E-state index is 12.7. The van der Waals surface area contributed by atoms with E-state index < -0.39 is 15.9 Å². The van der Waals surface area contributed by atoms with Gasteiger partial charge in [0.25, 0.3) is 15.9 Å². The summed E-state index contributed by atoms with van der Waals surface area (Å²) < 4.78 is 33.4. The van der Waals surface area contributed by atoms with E-state index in [9.17, 15) is 13.2 Å². The second kappa shape index (κ2) is 6.12. The Morgan fingerprint density at radius 1 is 1.21 bits per heavy atom. The van der Waals surface area contributed by atoms with Crippen molar-refractivity contribution in [3.05, 3.63) is 57.7 Å². The highest BCUT2D eigenvalue weighted by atomic mass is 79.9. The van der Waals surface area contributed by atoms with E-state index in [1.165, 1.54) is 12.1 Å². The van der Waals surface area contributed by atoms with Crippen LogP contribution in [-0.4, -0.2) is 14.3 Å². The maximum atomic E-state index is 12.7. The first kappa shape index (κ1) is 16.8. The predicted molar refractivity (Wildman–Crippen MR) is 94.7 cm³/mol. The number of sulfonamides is 1. The van der Waals surface area contributed by atoms with Gasteiger partial charge < -0.3 is 10.2 Å². The average molecular weight is 430 g/mol. The fourth-order valence-electron chi connectivity index (χ4n) is 2.19. The second-order valence-corrected chi connectivity index (χ2v) is 7.79. The molecule has 3 rings (SSSR count). The van der Waals surface area contributed by atoms with Crippen LogP contribution in [0.2, 0.25) is 5.02 Å². The fourth-order valence-corrected chi connectivity index (χ4v) is 4.50. The first-order chi connectivity index (χ1) is 11.3. The zero-order valence-electron chi connectivity index (χ0n) is 11.9. The quantitative estimate of drug-likeness (QED) is 0.659. The standard InChI is InChI=1S/C15H10BrClN2O4S/c16-10-6-5-8(17)7-12(10)24(21,22)19-13-9-3-1-2-4-11(9)23-14(13)15(18)20/h1-7,19H,(H2,18,20). The van der Waals surface area contributed by atoms with Crippen LogP contribution in [0.5, 0.6) is 0 Å². The van der Waals surface area contributed by atoms with Crippen LogP contribution < -0.4 is 10.5 Å². The lowest BCUT2D eigenvalue weighted by Crippen LogP contribution is -2.18. The lowest BCUT2D eigenvalue weighted by Gasteiger charge is -2.10. The van der Waals surface area contributed by atoms with E-state index in [0.29, 0.717) is 15.4 Å². The third kappa shape index (κ3) is 3.00. The molecule has 124 valence electrons. The fraction of sp³-hybridized carbons (Fsp3) is 0. The molecule has 0 radical (unpaired) electrons. The van der Waals surface area contributed by atoms with Gasteiger partial charge in [-0.15, -0.1) is 0 Å². The Balaban J connectivity index is 2.17. The molecular weight excluding hydrogens is 420 g/mol. The van der Waals surface area contributed by atoms with Crippen LogP contribution in [-0.2, 0) is 10.0 Å². The summed E-state index contributed by atoms with van der Waals surface area (Å²) in [4.78, 5) is 11.5. The van der Waals surface area contributed by atoms with Gasteiger partial charge in [-0.3, -0.25) is 9.52 Å². The number of hydrogen-bond donors (Lipinski definition) is 2. The normalized spacial score (nSPS) is 11.6. The van der Waals surface area contributed by atoms with Gasteiger partial charge in [-0.25, -0.2) is 8.42 Å². The van der Waals surface area contributed by atoms with Crippen LogP contribution in [0.4, 0.5) is 5.69 Å². The molecule has 0 spiro atoms. The molecule has 6 nitrogen and oxygen atoms in total. The van der Waals surface area contributed by atoms with Crippen molar-refractivity contribution in [2.75, 3.05) is 4.72 Å². The monoisotopic (exact) mass is 428 g/mol. The largest absolute Gasteiger partial charge is 0.449 e. The molecule has 3 aromatic rings. The van der Waals surface area contributed by atoms with Crippen molar-refractivity contribution in [1.82, 2.24) is 0 Å². The minimum absolute atomic E-state index is 0.00928. The SMILES string of the molecule is NC(=O)c1oc2ccccc2c1NS(=O)(=O)c1cc(Cl)ccc1Br. The number of rotatable bonds is 4. The number of para-hydroxylation sites is 1. The summed E-state index contributed by atoms with van der Waals surface area (Å²) in [6, 6.07) is 11.0. The summed E-state index contributed by atoms with van der Waals surface area (Å²) in [5, 5.41) is 0.679. The molecule has 0 aliphatic carbocycles. The lowest BCUT2D eigenvalue weighted by atomic mass is 10.2. The molecule has 0 atom stereocenters. The average Bonchev–Trinajstić information content (AvgIpc) is 2.88. The van der Waals surface area contributed by atoms with Gasteiger partial charge in [-0.1, -0.05) is 23.7 Å². The van der Waals surface area contributed by atoms with E-state index >= 15 is 0 Å². The summed E-state index contributed by atoms with van der Waals surface area (Å²) in [7, 11) is -4.03. The Kier molecular flexibility index (Phi) is 4.29. The van der Waals surface area contributed by atoms with Gasteiger partial charge in [-0.2, -0.15) is 0 Å². The molecule has 24 heavy (non-hydrogen) atoms. The molecule has 1 amide bonds. The Bertz CT molecular complexity index is 1060. The Hall–Kier alpha value is -2.03. The summed E-state index contributed by atoms with van der Waals surface area (Å²) in [6.45, 7) is 0. The van der Waals surface area contributed by atoms with Gasteiger partial charge in [-0.05, 0) is 46.3 Å². The predicted octanol–water partition coefficient (Wildman–Crippen LogP) is 3.75. The smallest absolute Gasteiger partial charge is 0.286 e. The maximum Gasteiger partial charge on any atom is 0.286 e. The topological polar surface area (TPSA) is 102 Å². The number of halogens is 2. The van der Waals surface area contributed by atoms with E-state index in [1.807, 2.05) is 0 Å². The molecule has 1 heterocycles. The van der Waals surface area contributed by atoms with Gasteiger partial charge >= 0.3 is 0 Å². The van der Waals surface area contributed by atoms with E-state index in [-0.39, 0.29) is 21.4 Å². The molecule has 9 heteroatoms. The van der Waals surface area contributed by atoms with Crippen molar-refractivity contribution in [3.8, 4) is 0 Å². The van der Waals surface area contributed by atoms with Crippen molar-refractivity contribution < 1.29 is 17.6 Å². The molecule has 1 aromatic heterocycles. The molecule has 2 aromatic carbocycles. The Morgan fingerprint density at radius 2 is 1.92 bits per heavy atom. The highest BCUT2D eigenvalue weighted by molar-refractivity contribution is 9.10. The van der Waals surface area contributed by atoms with Crippen LogP contribution in [0.3, 0.4) is 0 Å². The number of nitrogens with one attached hydrogen (secondary N) is 1. The molecule has 0 aliphatic heterocycles. The molecular formula is C15H10BrClN2O4S. The zero-order valence-corrected chi connectivity index (χ0v) is 15.1. The van der Waals surface area contributed by atoms with E-state index in [4.69, 9.17) is 21.8 Å². The van der Waals surface area contributed by atoms with E-state index in [2.05, 4.69) is 20.7 Å². The van der Waals surface area contributed by atoms with E-state index in [1.54, 1.807) is 30.3 Å². The minimum atomic E-state index is -4.03. The molecule has 0 saturated carbocycles. The van der Waals surface area contributed by atoms with Gasteiger partial charge in [0.15, 0.2) is 0 Å². The van der Waals surface area contributed by atoms with Crippen LogP contribution in [0, 0.1) is 0 Å². The number of amides is 1. The summed E-state index contributed by atoms with van der Waals surface area (Å²) in [5.74, 6) is -1.15. The number of carbonyl (C=O) groups is 1. The Morgan fingerprint density at radius 3 is 2.62 bits per heavy atom. The van der Waals surface area contributed by atoms with Crippen LogP contribution >= 0.6 is 27.5 Å². The summed E-state index contributed by atoms with van der Waals surface area (Å²) in [5.41, 5.74) is 5.62. The van der Waals surface area contributed by atoms with Crippen LogP contribution in [0.1, 0.15) is 10.6 Å². The van der Waals surface area contributed by atoms with E-state index in [0.717, 1.165) is 0 Å². The zero-order chi connectivity index (χ0) is 17.5. The van der Waals surface area contributed by atoms with Gasteiger partial charge in [0.1, 0.15) is 16.2 Å².